The fraction of sp³-hybridized carbons (Fsp3) is 0.0435. The van der Waals surface area contributed by atoms with Crippen molar-refractivity contribution in [1.29, 1.82) is 0 Å². The van der Waals surface area contributed by atoms with Gasteiger partial charge < -0.3 is 19.1 Å². The molecule has 5 heteroatoms. The zero-order chi connectivity index (χ0) is 19.7. The van der Waals surface area contributed by atoms with Gasteiger partial charge in [-0.3, -0.25) is 0 Å². The van der Waals surface area contributed by atoms with Crippen LogP contribution in [0.15, 0.2) is 76.7 Å². The van der Waals surface area contributed by atoms with Crippen molar-refractivity contribution in [3.05, 3.63) is 94.8 Å². The summed E-state index contributed by atoms with van der Waals surface area (Å²) >= 11 is 0. The molecule has 2 heterocycles. The molecule has 0 atom stereocenters. The molecule has 0 fully saturated rings. The summed E-state index contributed by atoms with van der Waals surface area (Å²) in [6.07, 6.45) is 3.22. The van der Waals surface area contributed by atoms with Crippen LogP contribution < -0.4 is 5.11 Å². The Bertz CT molecular complexity index is 1130. The van der Waals surface area contributed by atoms with Gasteiger partial charge in [-0.25, -0.2) is 4.79 Å². The number of hydrogen-bond donors (Lipinski definition) is 0. The van der Waals surface area contributed by atoms with E-state index in [1.165, 1.54) is 6.07 Å². The van der Waals surface area contributed by atoms with Gasteiger partial charge in [-0.05, 0) is 31.2 Å². The molecule has 4 rings (SSSR count). The number of furan rings is 1. The number of benzene rings is 2. The Morgan fingerprint density at radius 2 is 1.75 bits per heavy atom. The van der Waals surface area contributed by atoms with Gasteiger partial charge in [0.25, 0.3) is 0 Å². The van der Waals surface area contributed by atoms with E-state index in [2.05, 4.69) is 0 Å². The van der Waals surface area contributed by atoms with E-state index in [0.29, 0.717) is 28.4 Å². The number of rotatable bonds is 4. The van der Waals surface area contributed by atoms with Crippen molar-refractivity contribution in [3.8, 4) is 11.3 Å². The van der Waals surface area contributed by atoms with Crippen molar-refractivity contribution in [2.45, 2.75) is 6.92 Å². The summed E-state index contributed by atoms with van der Waals surface area (Å²) < 4.78 is 11.1. The van der Waals surface area contributed by atoms with Crippen LogP contribution in [0.25, 0.3) is 23.2 Å². The first-order valence-corrected chi connectivity index (χ1v) is 8.64. The molecule has 0 amide bonds. The Hall–Kier alpha value is -3.86. The van der Waals surface area contributed by atoms with Gasteiger partial charge >= 0.3 is 5.97 Å². The van der Waals surface area contributed by atoms with Crippen LogP contribution in [0.4, 0.5) is 0 Å². The third-order valence-electron chi connectivity index (χ3n) is 4.40. The largest absolute Gasteiger partial charge is 0.545 e. The number of carboxylic acid groups (broad SMARTS) is 1. The van der Waals surface area contributed by atoms with Crippen LogP contribution in [-0.2, 0) is 9.53 Å². The topological polar surface area (TPSA) is 79.6 Å². The summed E-state index contributed by atoms with van der Waals surface area (Å²) in [6, 6.07) is 17.4. The third-order valence-corrected chi connectivity index (χ3v) is 4.40. The number of aromatic carboxylic acids is 1. The predicted octanol–water partition coefficient (Wildman–Crippen LogP) is 3.60. The first-order chi connectivity index (χ1) is 13.5. The lowest BCUT2D eigenvalue weighted by atomic mass is 10.1. The number of ether oxygens (including phenoxy) is 1. The predicted molar refractivity (Wildman–Crippen MR) is 102 cm³/mol. The lowest BCUT2D eigenvalue weighted by Gasteiger charge is -2.07. The molecule has 0 saturated heterocycles. The SMILES string of the molecule is Cc1ccc(C2=C/C(=C\c3ccc(-c4ccccc4C(=O)[O-])o3)C(=O)O2)cc1. The molecule has 0 radical (unpaired) electrons. The molecule has 138 valence electrons. The molecule has 1 aliphatic heterocycles. The molecule has 0 aliphatic carbocycles. The van der Waals surface area contributed by atoms with E-state index >= 15 is 0 Å². The lowest BCUT2D eigenvalue weighted by molar-refractivity contribution is -0.254. The first kappa shape index (κ1) is 17.5. The summed E-state index contributed by atoms with van der Waals surface area (Å²) in [5, 5.41) is 11.3. The summed E-state index contributed by atoms with van der Waals surface area (Å²) in [6.45, 7) is 1.98. The van der Waals surface area contributed by atoms with Crippen LogP contribution >= 0.6 is 0 Å². The molecule has 5 nitrogen and oxygen atoms in total. The van der Waals surface area contributed by atoms with Gasteiger partial charge in [0, 0.05) is 16.7 Å². The molecule has 1 aliphatic rings. The van der Waals surface area contributed by atoms with Crippen molar-refractivity contribution in [2.75, 3.05) is 0 Å². The van der Waals surface area contributed by atoms with Crippen LogP contribution in [0.3, 0.4) is 0 Å². The fourth-order valence-corrected chi connectivity index (χ4v) is 2.95. The maximum Gasteiger partial charge on any atom is 0.343 e. The number of carbonyl (C=O) groups excluding carboxylic acids is 2. The second-order valence-corrected chi connectivity index (χ2v) is 6.40. The van der Waals surface area contributed by atoms with Crippen LogP contribution in [0.1, 0.15) is 27.2 Å². The Morgan fingerprint density at radius 3 is 2.50 bits per heavy atom. The highest BCUT2D eigenvalue weighted by Gasteiger charge is 2.22. The number of esters is 1. The molecule has 28 heavy (non-hydrogen) atoms. The zero-order valence-corrected chi connectivity index (χ0v) is 15.0. The Labute approximate surface area is 161 Å². The summed E-state index contributed by atoms with van der Waals surface area (Å²) in [7, 11) is 0. The van der Waals surface area contributed by atoms with E-state index < -0.39 is 11.9 Å². The summed E-state index contributed by atoms with van der Waals surface area (Å²) in [5.41, 5.74) is 2.73. The van der Waals surface area contributed by atoms with E-state index in [9.17, 15) is 14.7 Å². The second kappa shape index (κ2) is 7.04. The number of hydrogen-bond acceptors (Lipinski definition) is 5. The minimum absolute atomic E-state index is 0.0397. The van der Waals surface area contributed by atoms with Crippen LogP contribution in [0, 0.1) is 6.92 Å². The van der Waals surface area contributed by atoms with E-state index in [1.807, 2.05) is 31.2 Å². The first-order valence-electron chi connectivity index (χ1n) is 8.64. The van der Waals surface area contributed by atoms with Crippen LogP contribution in [-0.4, -0.2) is 11.9 Å². The van der Waals surface area contributed by atoms with Crippen molar-refractivity contribution >= 4 is 23.8 Å². The molecule has 0 unspecified atom stereocenters. The third kappa shape index (κ3) is 3.38. The average Bonchev–Trinajstić information content (AvgIpc) is 3.30. The smallest absolute Gasteiger partial charge is 0.343 e. The summed E-state index contributed by atoms with van der Waals surface area (Å²) in [4.78, 5) is 23.5. The lowest BCUT2D eigenvalue weighted by Crippen LogP contribution is -2.22. The van der Waals surface area contributed by atoms with Gasteiger partial charge in [0.2, 0.25) is 0 Å². The van der Waals surface area contributed by atoms with Crippen molar-refractivity contribution < 1.29 is 23.8 Å². The number of carboxylic acids is 1. The van der Waals surface area contributed by atoms with E-state index in [1.54, 1.807) is 42.5 Å². The molecule has 0 saturated carbocycles. The normalized spacial score (nSPS) is 14.8. The van der Waals surface area contributed by atoms with Crippen LogP contribution in [0.2, 0.25) is 0 Å². The van der Waals surface area contributed by atoms with Gasteiger partial charge in [-0.1, -0.05) is 54.1 Å². The van der Waals surface area contributed by atoms with Gasteiger partial charge in [0.05, 0.1) is 11.5 Å². The molecule has 3 aromatic rings. The average molecular weight is 371 g/mol. The van der Waals surface area contributed by atoms with Crippen molar-refractivity contribution in [1.82, 2.24) is 0 Å². The maximum absolute atomic E-state index is 12.2. The minimum Gasteiger partial charge on any atom is -0.545 e. The van der Waals surface area contributed by atoms with Gasteiger partial charge in [0.15, 0.2) is 0 Å². The zero-order valence-electron chi connectivity index (χ0n) is 15.0. The molecule has 2 aromatic carbocycles. The molecule has 0 spiro atoms. The van der Waals surface area contributed by atoms with E-state index in [4.69, 9.17) is 9.15 Å². The van der Waals surface area contributed by atoms with Gasteiger partial charge in [-0.15, -0.1) is 0 Å². The highest BCUT2D eigenvalue weighted by Crippen LogP contribution is 2.30. The van der Waals surface area contributed by atoms with E-state index in [0.717, 1.165) is 11.1 Å². The van der Waals surface area contributed by atoms with Crippen molar-refractivity contribution in [3.63, 3.8) is 0 Å². The number of aryl methyl sites for hydroxylation is 1. The number of cyclic esters (lactones) is 1. The van der Waals surface area contributed by atoms with Crippen molar-refractivity contribution in [2.24, 2.45) is 0 Å². The number of carbonyl (C=O) groups is 2. The molecule has 1 aromatic heterocycles. The van der Waals surface area contributed by atoms with E-state index in [-0.39, 0.29) is 5.56 Å². The highest BCUT2D eigenvalue weighted by molar-refractivity contribution is 6.05. The highest BCUT2D eigenvalue weighted by atomic mass is 16.5. The Morgan fingerprint density at radius 1 is 1.00 bits per heavy atom. The monoisotopic (exact) mass is 371 g/mol. The Kier molecular flexibility index (Phi) is 4.41. The van der Waals surface area contributed by atoms with Gasteiger partial charge in [0.1, 0.15) is 17.3 Å². The summed E-state index contributed by atoms with van der Waals surface area (Å²) in [5.74, 6) is -0.483. The molecular formula is C23H15O5-. The molecule has 0 N–H and O–H groups in total. The second-order valence-electron chi connectivity index (χ2n) is 6.40. The maximum atomic E-state index is 12.2. The fourth-order valence-electron chi connectivity index (χ4n) is 2.95. The van der Waals surface area contributed by atoms with Gasteiger partial charge in [-0.2, -0.15) is 0 Å². The standard InChI is InChI=1S/C23H16O5/c1-14-6-8-15(9-7-14)21-13-16(23(26)28-21)12-17-10-11-20(27-17)18-4-2-3-5-19(18)22(24)25/h2-13H,1H3,(H,24,25)/p-1/b16-12+. The quantitative estimate of drug-likeness (QED) is 0.517. The molecular weight excluding hydrogens is 356 g/mol. The Balaban J connectivity index is 1.65. The molecule has 0 bridgehead atoms. The van der Waals surface area contributed by atoms with Crippen LogP contribution in [0.5, 0.6) is 0 Å². The minimum atomic E-state index is -1.28.